The molecule has 0 radical (unpaired) electrons. The Morgan fingerprint density at radius 2 is 1.93 bits per heavy atom. The molecular weight excluding hydrogens is 178 g/mol. The third kappa shape index (κ3) is 8.05. The second kappa shape index (κ2) is 7.80. The Morgan fingerprint density at radius 3 is 2.43 bits per heavy atom. The lowest BCUT2D eigenvalue weighted by Gasteiger charge is -2.14. The largest absolute Gasteiger partial charge is 0.465 e. The van der Waals surface area contributed by atoms with E-state index in [1.165, 1.54) is 6.42 Å². The summed E-state index contributed by atoms with van der Waals surface area (Å²) in [5.41, 5.74) is 0. The van der Waals surface area contributed by atoms with Crippen LogP contribution in [0.2, 0.25) is 0 Å². The van der Waals surface area contributed by atoms with Crippen LogP contribution in [0.25, 0.3) is 0 Å². The Kier molecular flexibility index (Phi) is 7.48. The van der Waals surface area contributed by atoms with Gasteiger partial charge in [0.25, 0.3) is 0 Å². The average molecular weight is 201 g/mol. The number of carbonyl (C=O) groups excluding carboxylic acids is 1. The van der Waals surface area contributed by atoms with E-state index in [4.69, 9.17) is 4.74 Å². The fourth-order valence-corrected chi connectivity index (χ4v) is 1.15. The smallest absolute Gasteiger partial charge is 0.319 e. The van der Waals surface area contributed by atoms with Gasteiger partial charge >= 0.3 is 5.97 Å². The third-order valence-electron chi connectivity index (χ3n) is 2.08. The molecule has 0 aromatic carbocycles. The highest BCUT2D eigenvalue weighted by Gasteiger charge is 2.06. The normalized spacial score (nSPS) is 12.9. The zero-order valence-corrected chi connectivity index (χ0v) is 9.80. The van der Waals surface area contributed by atoms with Crippen molar-refractivity contribution in [1.29, 1.82) is 0 Å². The highest BCUT2D eigenvalue weighted by Crippen LogP contribution is 2.05. The SMILES string of the molecule is CCOC(=O)CNC(C)CCC(C)C. The summed E-state index contributed by atoms with van der Waals surface area (Å²) < 4.78 is 4.82. The van der Waals surface area contributed by atoms with Gasteiger partial charge in [0.15, 0.2) is 0 Å². The first-order chi connectivity index (χ1) is 6.56. The lowest BCUT2D eigenvalue weighted by Crippen LogP contribution is -2.32. The Balaban J connectivity index is 3.43. The fourth-order valence-electron chi connectivity index (χ4n) is 1.15. The van der Waals surface area contributed by atoms with Crippen molar-refractivity contribution in [2.45, 2.75) is 46.6 Å². The van der Waals surface area contributed by atoms with Crippen LogP contribution in [0.1, 0.15) is 40.5 Å². The van der Waals surface area contributed by atoms with Crippen molar-refractivity contribution in [2.24, 2.45) is 5.92 Å². The molecule has 1 atom stereocenters. The van der Waals surface area contributed by atoms with E-state index in [1.807, 2.05) is 6.92 Å². The van der Waals surface area contributed by atoms with Crippen LogP contribution < -0.4 is 5.32 Å². The highest BCUT2D eigenvalue weighted by atomic mass is 16.5. The number of ether oxygens (including phenoxy) is 1. The summed E-state index contributed by atoms with van der Waals surface area (Å²) in [4.78, 5) is 11.0. The minimum atomic E-state index is -0.163. The molecule has 14 heavy (non-hydrogen) atoms. The molecule has 0 saturated heterocycles. The molecule has 0 aromatic heterocycles. The van der Waals surface area contributed by atoms with Gasteiger partial charge in [-0.1, -0.05) is 13.8 Å². The van der Waals surface area contributed by atoms with Gasteiger partial charge in [-0.05, 0) is 32.6 Å². The van der Waals surface area contributed by atoms with Gasteiger partial charge in [-0.15, -0.1) is 0 Å². The van der Waals surface area contributed by atoms with Gasteiger partial charge in [-0.3, -0.25) is 4.79 Å². The van der Waals surface area contributed by atoms with Crippen molar-refractivity contribution in [3.8, 4) is 0 Å². The summed E-state index contributed by atoms with van der Waals surface area (Å²) in [6, 6.07) is 0.391. The Bertz CT molecular complexity index is 157. The summed E-state index contributed by atoms with van der Waals surface area (Å²) in [5.74, 6) is 0.561. The number of nitrogens with one attached hydrogen (secondary N) is 1. The molecule has 0 aliphatic rings. The van der Waals surface area contributed by atoms with E-state index in [2.05, 4.69) is 26.1 Å². The second-order valence-corrected chi connectivity index (χ2v) is 4.06. The van der Waals surface area contributed by atoms with Gasteiger partial charge in [-0.2, -0.15) is 0 Å². The first-order valence-electron chi connectivity index (χ1n) is 5.45. The molecule has 0 bridgehead atoms. The molecule has 0 amide bonds. The molecule has 0 fully saturated rings. The molecule has 0 aromatic rings. The van der Waals surface area contributed by atoms with Crippen molar-refractivity contribution in [3.05, 3.63) is 0 Å². The summed E-state index contributed by atoms with van der Waals surface area (Å²) in [6.07, 6.45) is 2.30. The number of rotatable bonds is 7. The van der Waals surface area contributed by atoms with Gasteiger partial charge in [0.1, 0.15) is 0 Å². The molecule has 0 saturated carbocycles. The monoisotopic (exact) mass is 201 g/mol. The average Bonchev–Trinajstić information content (AvgIpc) is 2.12. The Hall–Kier alpha value is -0.570. The Morgan fingerprint density at radius 1 is 1.29 bits per heavy atom. The number of hydrogen-bond donors (Lipinski definition) is 1. The van der Waals surface area contributed by atoms with Gasteiger partial charge in [0.2, 0.25) is 0 Å². The molecule has 3 heteroatoms. The first-order valence-corrected chi connectivity index (χ1v) is 5.45. The topological polar surface area (TPSA) is 38.3 Å². The lowest BCUT2D eigenvalue weighted by atomic mass is 10.0. The first kappa shape index (κ1) is 13.4. The maximum absolute atomic E-state index is 11.0. The van der Waals surface area contributed by atoms with E-state index in [-0.39, 0.29) is 5.97 Å². The van der Waals surface area contributed by atoms with Crippen molar-refractivity contribution < 1.29 is 9.53 Å². The molecule has 0 aliphatic heterocycles. The van der Waals surface area contributed by atoms with Crippen LogP contribution in [0.15, 0.2) is 0 Å². The van der Waals surface area contributed by atoms with Crippen molar-refractivity contribution in [2.75, 3.05) is 13.2 Å². The van der Waals surface area contributed by atoms with E-state index in [0.717, 1.165) is 12.3 Å². The van der Waals surface area contributed by atoms with Crippen LogP contribution in [-0.4, -0.2) is 25.2 Å². The summed E-state index contributed by atoms with van der Waals surface area (Å²) >= 11 is 0. The molecule has 84 valence electrons. The fraction of sp³-hybridized carbons (Fsp3) is 0.909. The van der Waals surface area contributed by atoms with E-state index >= 15 is 0 Å². The number of carbonyl (C=O) groups is 1. The second-order valence-electron chi connectivity index (χ2n) is 4.06. The van der Waals surface area contributed by atoms with Crippen molar-refractivity contribution in [3.63, 3.8) is 0 Å². The van der Waals surface area contributed by atoms with Crippen LogP contribution in [0.3, 0.4) is 0 Å². The van der Waals surface area contributed by atoms with Gasteiger partial charge in [0, 0.05) is 6.04 Å². The van der Waals surface area contributed by atoms with Gasteiger partial charge in [0.05, 0.1) is 13.2 Å². The lowest BCUT2D eigenvalue weighted by molar-refractivity contribution is -0.142. The Labute approximate surface area is 87.2 Å². The minimum Gasteiger partial charge on any atom is -0.465 e. The highest BCUT2D eigenvalue weighted by molar-refractivity contribution is 5.71. The quantitative estimate of drug-likeness (QED) is 0.640. The van der Waals surface area contributed by atoms with E-state index < -0.39 is 0 Å². The molecule has 1 unspecified atom stereocenters. The van der Waals surface area contributed by atoms with Gasteiger partial charge < -0.3 is 10.1 Å². The van der Waals surface area contributed by atoms with Crippen LogP contribution in [0.4, 0.5) is 0 Å². The van der Waals surface area contributed by atoms with Crippen LogP contribution >= 0.6 is 0 Å². The van der Waals surface area contributed by atoms with Crippen LogP contribution in [0.5, 0.6) is 0 Å². The summed E-state index contributed by atoms with van der Waals surface area (Å²) in [7, 11) is 0. The predicted molar refractivity (Wildman–Crippen MR) is 58.2 cm³/mol. The van der Waals surface area contributed by atoms with Gasteiger partial charge in [-0.25, -0.2) is 0 Å². The number of esters is 1. The molecule has 0 rings (SSSR count). The maximum atomic E-state index is 11.0. The van der Waals surface area contributed by atoms with Crippen LogP contribution in [-0.2, 0) is 9.53 Å². The number of hydrogen-bond acceptors (Lipinski definition) is 3. The zero-order valence-electron chi connectivity index (χ0n) is 9.80. The minimum absolute atomic E-state index is 0.163. The van der Waals surface area contributed by atoms with E-state index in [9.17, 15) is 4.79 Å². The molecule has 3 nitrogen and oxygen atoms in total. The standard InChI is InChI=1S/C11H23NO2/c1-5-14-11(13)8-12-10(4)7-6-9(2)3/h9-10,12H,5-8H2,1-4H3. The van der Waals surface area contributed by atoms with E-state index in [1.54, 1.807) is 0 Å². The molecule has 0 heterocycles. The maximum Gasteiger partial charge on any atom is 0.319 e. The zero-order chi connectivity index (χ0) is 11.0. The summed E-state index contributed by atoms with van der Waals surface area (Å²) in [5, 5.41) is 3.15. The van der Waals surface area contributed by atoms with Crippen molar-refractivity contribution >= 4 is 5.97 Å². The predicted octanol–water partition coefficient (Wildman–Crippen LogP) is 1.96. The summed E-state index contributed by atoms with van der Waals surface area (Å²) in [6.45, 7) is 9.12. The molecular formula is C11H23NO2. The van der Waals surface area contributed by atoms with Crippen LogP contribution in [0, 0.1) is 5.92 Å². The molecule has 0 aliphatic carbocycles. The molecule has 1 N–H and O–H groups in total. The third-order valence-corrected chi connectivity index (χ3v) is 2.08. The van der Waals surface area contributed by atoms with E-state index in [0.29, 0.717) is 19.2 Å². The molecule has 0 spiro atoms. The van der Waals surface area contributed by atoms with Crippen molar-refractivity contribution in [1.82, 2.24) is 5.32 Å².